The molecule has 0 radical (unpaired) electrons. The van der Waals surface area contributed by atoms with E-state index < -0.39 is 0 Å². The second-order valence-corrected chi connectivity index (χ2v) is 6.28. The fraction of sp³-hybridized carbons (Fsp3) is 0.278. The fourth-order valence-corrected chi connectivity index (χ4v) is 2.64. The molecule has 1 N–H and O–H groups in total. The zero-order chi connectivity index (χ0) is 17.7. The molecule has 2 aromatic carbocycles. The Morgan fingerprint density at radius 1 is 1.21 bits per heavy atom. The van der Waals surface area contributed by atoms with Gasteiger partial charge >= 0.3 is 0 Å². The van der Waals surface area contributed by atoms with Crippen LogP contribution >= 0.6 is 23.2 Å². The molecule has 1 amide bonds. The first-order valence-electron chi connectivity index (χ1n) is 7.51. The number of para-hydroxylation sites is 2. The number of nitrogens with one attached hydrogen (secondary N) is 1. The molecule has 0 unspecified atom stereocenters. The number of hydrogen-bond donors (Lipinski definition) is 1. The lowest BCUT2D eigenvalue weighted by Crippen LogP contribution is -2.39. The Hall–Kier alpha value is -1.75. The van der Waals surface area contributed by atoms with Gasteiger partial charge in [-0.2, -0.15) is 0 Å². The van der Waals surface area contributed by atoms with Crippen molar-refractivity contribution in [1.29, 1.82) is 0 Å². The molecule has 0 heterocycles. The van der Waals surface area contributed by atoms with Crippen molar-refractivity contribution in [2.75, 3.05) is 19.5 Å². The average Bonchev–Trinajstić information content (AvgIpc) is 2.58. The quantitative estimate of drug-likeness (QED) is 0.820. The van der Waals surface area contributed by atoms with E-state index >= 15 is 0 Å². The summed E-state index contributed by atoms with van der Waals surface area (Å²) in [7, 11) is 3.44. The molecule has 2 rings (SSSR count). The number of methoxy groups -OCH3 is 1. The number of amides is 1. The van der Waals surface area contributed by atoms with Crippen LogP contribution in [-0.2, 0) is 11.3 Å². The van der Waals surface area contributed by atoms with E-state index in [2.05, 4.69) is 5.32 Å². The summed E-state index contributed by atoms with van der Waals surface area (Å²) < 4.78 is 5.25. The van der Waals surface area contributed by atoms with Crippen molar-refractivity contribution in [1.82, 2.24) is 4.90 Å². The van der Waals surface area contributed by atoms with Crippen molar-refractivity contribution in [2.24, 2.45) is 0 Å². The summed E-state index contributed by atoms with van der Waals surface area (Å²) in [6.07, 6.45) is 0. The summed E-state index contributed by atoms with van der Waals surface area (Å²) in [5.74, 6) is 0.499. The van der Waals surface area contributed by atoms with E-state index in [4.69, 9.17) is 27.9 Å². The zero-order valence-electron chi connectivity index (χ0n) is 13.8. The highest BCUT2D eigenvalue weighted by Gasteiger charge is 2.20. The predicted octanol–water partition coefficient (Wildman–Crippen LogP) is 4.46. The van der Waals surface area contributed by atoms with Crippen LogP contribution in [-0.4, -0.2) is 31.0 Å². The number of rotatable bonds is 6. The molecular formula is C18H20Cl2N2O2. The van der Waals surface area contributed by atoms with E-state index in [0.717, 1.165) is 5.56 Å². The summed E-state index contributed by atoms with van der Waals surface area (Å²) in [5.41, 5.74) is 1.52. The molecule has 4 nitrogen and oxygen atoms in total. The largest absolute Gasteiger partial charge is 0.495 e. The molecule has 0 spiro atoms. The van der Waals surface area contributed by atoms with Crippen molar-refractivity contribution in [3.05, 3.63) is 58.1 Å². The van der Waals surface area contributed by atoms with Crippen LogP contribution < -0.4 is 10.1 Å². The van der Waals surface area contributed by atoms with Crippen molar-refractivity contribution >= 4 is 34.8 Å². The Labute approximate surface area is 152 Å². The molecule has 0 saturated carbocycles. The number of nitrogens with zero attached hydrogens (tertiary/aromatic N) is 1. The third-order valence-corrected chi connectivity index (χ3v) is 4.71. The van der Waals surface area contributed by atoms with E-state index in [-0.39, 0.29) is 11.9 Å². The van der Waals surface area contributed by atoms with Gasteiger partial charge in [-0.25, -0.2) is 0 Å². The second-order valence-electron chi connectivity index (χ2n) is 5.49. The number of halogens is 2. The number of hydrogen-bond acceptors (Lipinski definition) is 3. The van der Waals surface area contributed by atoms with E-state index in [1.807, 2.05) is 43.1 Å². The molecule has 0 aliphatic heterocycles. The number of carbonyl (C=O) groups is 1. The van der Waals surface area contributed by atoms with E-state index in [0.29, 0.717) is 28.0 Å². The Bertz CT molecular complexity index is 722. The SMILES string of the molecule is COc1ccccc1NC(=O)[C@H](C)N(C)Cc1cccc(Cl)c1Cl. The first-order chi connectivity index (χ1) is 11.4. The lowest BCUT2D eigenvalue weighted by molar-refractivity contribution is -0.120. The molecule has 0 aromatic heterocycles. The Morgan fingerprint density at radius 3 is 2.62 bits per heavy atom. The van der Waals surface area contributed by atoms with E-state index in [1.54, 1.807) is 25.3 Å². The predicted molar refractivity (Wildman–Crippen MR) is 99.0 cm³/mol. The molecular weight excluding hydrogens is 347 g/mol. The summed E-state index contributed by atoms with van der Waals surface area (Å²) >= 11 is 12.3. The monoisotopic (exact) mass is 366 g/mol. The maximum absolute atomic E-state index is 12.5. The van der Waals surface area contributed by atoms with Crippen LogP contribution in [0.2, 0.25) is 10.0 Å². The van der Waals surface area contributed by atoms with Gasteiger partial charge in [0.05, 0.1) is 28.9 Å². The summed E-state index contributed by atoms with van der Waals surface area (Å²) in [5, 5.41) is 3.91. The van der Waals surface area contributed by atoms with E-state index in [1.165, 1.54) is 0 Å². The number of likely N-dealkylation sites (N-methyl/N-ethyl adjacent to an activating group) is 1. The number of anilines is 1. The lowest BCUT2D eigenvalue weighted by Gasteiger charge is -2.24. The summed E-state index contributed by atoms with van der Waals surface area (Å²) in [4.78, 5) is 14.4. The Morgan fingerprint density at radius 2 is 1.92 bits per heavy atom. The maximum Gasteiger partial charge on any atom is 0.241 e. The average molecular weight is 367 g/mol. The minimum absolute atomic E-state index is 0.125. The first kappa shape index (κ1) is 18.6. The topological polar surface area (TPSA) is 41.6 Å². The minimum atomic E-state index is -0.357. The Balaban J connectivity index is 2.05. The summed E-state index contributed by atoms with van der Waals surface area (Å²) in [6, 6.07) is 12.4. The van der Waals surface area contributed by atoms with Gasteiger partial charge in [0.25, 0.3) is 0 Å². The highest BCUT2D eigenvalue weighted by atomic mass is 35.5. The zero-order valence-corrected chi connectivity index (χ0v) is 15.4. The highest BCUT2D eigenvalue weighted by Crippen LogP contribution is 2.27. The molecule has 1 atom stereocenters. The lowest BCUT2D eigenvalue weighted by atomic mass is 10.1. The molecule has 0 bridgehead atoms. The van der Waals surface area contributed by atoms with Crippen molar-refractivity contribution in [2.45, 2.75) is 19.5 Å². The molecule has 6 heteroatoms. The van der Waals surface area contributed by atoms with Crippen LogP contribution in [0.15, 0.2) is 42.5 Å². The normalized spacial score (nSPS) is 12.1. The fourth-order valence-electron chi connectivity index (χ4n) is 2.26. The molecule has 24 heavy (non-hydrogen) atoms. The number of carbonyl (C=O) groups excluding carboxylic acids is 1. The maximum atomic E-state index is 12.5. The highest BCUT2D eigenvalue weighted by molar-refractivity contribution is 6.42. The smallest absolute Gasteiger partial charge is 0.241 e. The van der Waals surface area contributed by atoms with Gasteiger partial charge in [0.15, 0.2) is 0 Å². The van der Waals surface area contributed by atoms with Gasteiger partial charge in [-0.15, -0.1) is 0 Å². The van der Waals surface area contributed by atoms with Crippen LogP contribution in [0.1, 0.15) is 12.5 Å². The van der Waals surface area contributed by atoms with Crippen molar-refractivity contribution in [3.8, 4) is 5.75 Å². The van der Waals surface area contributed by atoms with Crippen LogP contribution in [0.5, 0.6) is 5.75 Å². The molecule has 2 aromatic rings. The summed E-state index contributed by atoms with van der Waals surface area (Å²) in [6.45, 7) is 2.35. The van der Waals surface area contributed by atoms with Gasteiger partial charge in [0, 0.05) is 6.54 Å². The third kappa shape index (κ3) is 4.41. The molecule has 0 aliphatic carbocycles. The van der Waals surface area contributed by atoms with Gasteiger partial charge in [0.2, 0.25) is 5.91 Å². The van der Waals surface area contributed by atoms with Crippen LogP contribution in [0.4, 0.5) is 5.69 Å². The van der Waals surface area contributed by atoms with Gasteiger partial charge in [-0.3, -0.25) is 9.69 Å². The van der Waals surface area contributed by atoms with Crippen molar-refractivity contribution < 1.29 is 9.53 Å². The molecule has 0 saturated heterocycles. The number of benzene rings is 2. The van der Waals surface area contributed by atoms with Gasteiger partial charge in [0.1, 0.15) is 5.75 Å². The molecule has 0 fully saturated rings. The minimum Gasteiger partial charge on any atom is -0.495 e. The first-order valence-corrected chi connectivity index (χ1v) is 8.26. The van der Waals surface area contributed by atoms with Gasteiger partial charge in [-0.1, -0.05) is 47.5 Å². The van der Waals surface area contributed by atoms with Crippen LogP contribution in [0.3, 0.4) is 0 Å². The van der Waals surface area contributed by atoms with Gasteiger partial charge < -0.3 is 10.1 Å². The second kappa shape index (κ2) is 8.38. The van der Waals surface area contributed by atoms with Gasteiger partial charge in [-0.05, 0) is 37.7 Å². The molecule has 128 valence electrons. The van der Waals surface area contributed by atoms with Crippen molar-refractivity contribution in [3.63, 3.8) is 0 Å². The number of ether oxygens (including phenoxy) is 1. The van der Waals surface area contributed by atoms with E-state index in [9.17, 15) is 4.79 Å². The van der Waals surface area contributed by atoms with Crippen LogP contribution in [0.25, 0.3) is 0 Å². The Kier molecular flexibility index (Phi) is 6.49. The third-order valence-electron chi connectivity index (χ3n) is 3.86. The standard InChI is InChI=1S/C18H20Cl2N2O2/c1-12(18(23)21-15-9-4-5-10-16(15)24-3)22(2)11-13-7-6-8-14(19)17(13)20/h4-10,12H,11H2,1-3H3,(H,21,23)/t12-/m0/s1. The molecule has 0 aliphatic rings. The van der Waals surface area contributed by atoms with Crippen LogP contribution in [0, 0.1) is 0 Å².